The summed E-state index contributed by atoms with van der Waals surface area (Å²) in [6.45, 7) is 0.181. The Balaban J connectivity index is 1.29. The number of aliphatic hydroxyl groups excluding tert-OH is 1. The van der Waals surface area contributed by atoms with Crippen LogP contribution >= 0.6 is 0 Å². The summed E-state index contributed by atoms with van der Waals surface area (Å²) in [6, 6.07) is 25.6. The zero-order valence-corrected chi connectivity index (χ0v) is 28.9. The number of hydrogen-bond acceptors (Lipinski definition) is 11. The molecule has 0 bridgehead atoms. The molecule has 0 aliphatic carbocycles. The van der Waals surface area contributed by atoms with Crippen molar-refractivity contribution in [1.29, 1.82) is 0 Å². The second-order valence-corrected chi connectivity index (χ2v) is 14.1. The van der Waals surface area contributed by atoms with Gasteiger partial charge in [-0.15, -0.1) is 10.2 Å². The molecule has 1 fully saturated rings. The molecule has 5 aromatic rings. The number of H-pyrrole nitrogens is 1. The largest absolute Gasteiger partial charge is 0.381 e. The van der Waals surface area contributed by atoms with Crippen molar-refractivity contribution in [2.24, 2.45) is 0 Å². The van der Waals surface area contributed by atoms with Crippen LogP contribution in [0.25, 0.3) is 11.4 Å². The molecule has 4 N–H and O–H groups in total. The highest BCUT2D eigenvalue weighted by Crippen LogP contribution is 2.29. The highest BCUT2D eigenvalue weighted by Gasteiger charge is 2.34. The molecule has 1 aliphatic heterocycles. The number of aromatic amines is 1. The van der Waals surface area contributed by atoms with Gasteiger partial charge < -0.3 is 25.4 Å². The molecule has 1 saturated heterocycles. The standard InChI is InChI=1S/C35H35N9O7S/c1-43(52(2,49)50)26-18-28(37-29(19-26)35(48)44-21-51-20-30(44)23-12-7-4-8-13-23)33(46)38-27(16-22-10-5-3-6-11-22)31(45)34(47)36-25-15-9-14-24(17-25)32-39-41-42-40-32/h3-15,17-19,27,30-31,45H,16,20-21H2,1-2H3,(H,36,47)(H,38,46)(H,39,40,41,42)/t27-,30+,31-/m0/s1. The Morgan fingerprint density at radius 2 is 1.71 bits per heavy atom. The van der Waals surface area contributed by atoms with Crippen LogP contribution in [0.1, 0.15) is 38.1 Å². The van der Waals surface area contributed by atoms with E-state index in [0.717, 1.165) is 16.1 Å². The maximum Gasteiger partial charge on any atom is 0.274 e. The summed E-state index contributed by atoms with van der Waals surface area (Å²) < 4.78 is 31.7. The number of anilines is 2. The van der Waals surface area contributed by atoms with Gasteiger partial charge in [0.05, 0.1) is 30.6 Å². The smallest absolute Gasteiger partial charge is 0.274 e. The Hall–Kier alpha value is -6.04. The van der Waals surface area contributed by atoms with E-state index >= 15 is 0 Å². The van der Waals surface area contributed by atoms with Gasteiger partial charge in [-0.2, -0.15) is 5.21 Å². The molecular weight excluding hydrogens is 691 g/mol. The molecule has 16 nitrogen and oxygen atoms in total. The number of rotatable bonds is 12. The van der Waals surface area contributed by atoms with E-state index in [1.54, 1.807) is 54.6 Å². The van der Waals surface area contributed by atoms with Crippen LogP contribution in [0.4, 0.5) is 11.4 Å². The minimum atomic E-state index is -3.83. The molecule has 6 rings (SSSR count). The van der Waals surface area contributed by atoms with E-state index in [1.807, 2.05) is 30.3 Å². The lowest BCUT2D eigenvalue weighted by Gasteiger charge is -2.25. The van der Waals surface area contributed by atoms with E-state index in [4.69, 9.17) is 4.74 Å². The highest BCUT2D eigenvalue weighted by atomic mass is 32.2. The Labute approximate surface area is 298 Å². The number of nitrogens with zero attached hydrogens (tertiary/aromatic N) is 6. The Kier molecular flexibility index (Phi) is 10.6. The zero-order valence-electron chi connectivity index (χ0n) is 28.1. The predicted molar refractivity (Wildman–Crippen MR) is 189 cm³/mol. The van der Waals surface area contributed by atoms with Gasteiger partial charge in [0.1, 0.15) is 18.1 Å². The number of aromatic nitrogens is 5. The number of benzene rings is 3. The quantitative estimate of drug-likeness (QED) is 0.146. The molecule has 268 valence electrons. The fraction of sp³-hybridized carbons (Fsp3) is 0.229. The van der Waals surface area contributed by atoms with Crippen molar-refractivity contribution in [2.75, 3.05) is 36.3 Å². The second kappa shape index (κ2) is 15.5. The monoisotopic (exact) mass is 725 g/mol. The summed E-state index contributed by atoms with van der Waals surface area (Å²) in [6.07, 6.45) is -0.755. The molecule has 0 saturated carbocycles. The second-order valence-electron chi connectivity index (χ2n) is 12.0. The predicted octanol–water partition coefficient (Wildman–Crippen LogP) is 2.17. The molecule has 0 radical (unpaired) electrons. The third-order valence-electron chi connectivity index (χ3n) is 8.45. The van der Waals surface area contributed by atoms with Crippen LogP contribution in [0.15, 0.2) is 97.1 Å². The minimum absolute atomic E-state index is 0.00163. The van der Waals surface area contributed by atoms with E-state index in [9.17, 15) is 27.9 Å². The topological polar surface area (TPSA) is 213 Å². The first-order chi connectivity index (χ1) is 25.0. The van der Waals surface area contributed by atoms with Gasteiger partial charge in [0.25, 0.3) is 17.7 Å². The van der Waals surface area contributed by atoms with E-state index in [1.165, 1.54) is 24.1 Å². The van der Waals surface area contributed by atoms with E-state index in [2.05, 4.69) is 36.2 Å². The summed E-state index contributed by atoms with van der Waals surface area (Å²) >= 11 is 0. The van der Waals surface area contributed by atoms with Gasteiger partial charge in [-0.25, -0.2) is 13.4 Å². The molecule has 2 aromatic heterocycles. The van der Waals surface area contributed by atoms with Crippen LogP contribution < -0.4 is 14.9 Å². The van der Waals surface area contributed by atoms with Crippen molar-refractivity contribution in [2.45, 2.75) is 24.6 Å². The summed E-state index contributed by atoms with van der Waals surface area (Å²) in [4.78, 5) is 47.1. The highest BCUT2D eigenvalue weighted by molar-refractivity contribution is 7.92. The molecule has 52 heavy (non-hydrogen) atoms. The van der Waals surface area contributed by atoms with Gasteiger partial charge in [-0.3, -0.25) is 18.7 Å². The fourth-order valence-corrected chi connectivity index (χ4v) is 6.12. The van der Waals surface area contributed by atoms with Crippen LogP contribution in [-0.4, -0.2) is 101 Å². The molecular formula is C35H35N9O7S. The lowest BCUT2D eigenvalue weighted by molar-refractivity contribution is -0.125. The molecule has 3 heterocycles. The number of tetrazole rings is 1. The molecule has 3 aromatic carbocycles. The molecule has 0 spiro atoms. The van der Waals surface area contributed by atoms with Crippen molar-refractivity contribution in [3.05, 3.63) is 120 Å². The van der Waals surface area contributed by atoms with E-state index in [0.29, 0.717) is 22.6 Å². The van der Waals surface area contributed by atoms with Crippen molar-refractivity contribution >= 4 is 39.1 Å². The number of hydrogen-bond donors (Lipinski definition) is 4. The lowest BCUT2D eigenvalue weighted by atomic mass is 10.00. The van der Waals surface area contributed by atoms with Crippen LogP contribution in [-0.2, 0) is 26.0 Å². The average molecular weight is 726 g/mol. The zero-order chi connectivity index (χ0) is 36.8. The lowest BCUT2D eigenvalue weighted by Crippen LogP contribution is -2.50. The normalized spacial score (nSPS) is 15.4. The maximum absolute atomic E-state index is 14.0. The van der Waals surface area contributed by atoms with Crippen LogP contribution in [0.2, 0.25) is 0 Å². The number of amides is 3. The summed E-state index contributed by atoms with van der Waals surface area (Å²) in [5.41, 5.74) is 1.90. The molecule has 1 aliphatic rings. The van der Waals surface area contributed by atoms with Crippen LogP contribution in [0, 0.1) is 0 Å². The van der Waals surface area contributed by atoms with Gasteiger partial charge in [-0.1, -0.05) is 72.8 Å². The number of nitrogens with one attached hydrogen (secondary N) is 3. The third-order valence-corrected chi connectivity index (χ3v) is 9.65. The van der Waals surface area contributed by atoms with E-state index in [-0.39, 0.29) is 36.8 Å². The number of pyridine rings is 1. The Bertz CT molecular complexity index is 2150. The van der Waals surface area contributed by atoms with Gasteiger partial charge in [-0.05, 0) is 47.0 Å². The number of carbonyl (C=O) groups excluding carboxylic acids is 3. The Morgan fingerprint density at radius 1 is 1.00 bits per heavy atom. The summed E-state index contributed by atoms with van der Waals surface area (Å²) in [5, 5.41) is 30.5. The van der Waals surface area contributed by atoms with Crippen molar-refractivity contribution in [3.63, 3.8) is 0 Å². The first kappa shape index (κ1) is 35.8. The van der Waals surface area contributed by atoms with Gasteiger partial charge in [0, 0.05) is 18.3 Å². The van der Waals surface area contributed by atoms with Crippen molar-refractivity contribution < 1.29 is 32.6 Å². The number of aliphatic hydroxyl groups is 1. The fourth-order valence-electron chi connectivity index (χ4n) is 5.63. The third kappa shape index (κ3) is 8.28. The molecule has 3 atom stereocenters. The van der Waals surface area contributed by atoms with Gasteiger partial charge >= 0.3 is 0 Å². The minimum Gasteiger partial charge on any atom is -0.381 e. The average Bonchev–Trinajstić information content (AvgIpc) is 3.88. The maximum atomic E-state index is 14.0. The Morgan fingerprint density at radius 3 is 2.40 bits per heavy atom. The van der Waals surface area contributed by atoms with Crippen molar-refractivity contribution in [1.82, 2.24) is 35.8 Å². The molecule has 3 amide bonds. The van der Waals surface area contributed by atoms with Crippen molar-refractivity contribution in [3.8, 4) is 11.4 Å². The first-order valence-electron chi connectivity index (χ1n) is 16.0. The first-order valence-corrected chi connectivity index (χ1v) is 17.9. The SMILES string of the molecule is CN(c1cc(C(=O)N[C@@H](Cc2ccccc2)[C@H](O)C(=O)Nc2cccc(-c3nn[nH]n3)c2)nc(C(=O)N2COC[C@@H]2c2ccccc2)c1)S(C)(=O)=O. The van der Waals surface area contributed by atoms with Crippen LogP contribution in [0.5, 0.6) is 0 Å². The number of carbonyl (C=O) groups is 3. The summed E-state index contributed by atoms with van der Waals surface area (Å²) in [5.74, 6) is -1.97. The van der Waals surface area contributed by atoms with Gasteiger partial charge in [0.15, 0.2) is 6.10 Å². The van der Waals surface area contributed by atoms with Crippen LogP contribution in [0.3, 0.4) is 0 Å². The summed E-state index contributed by atoms with van der Waals surface area (Å²) in [7, 11) is -2.55. The number of sulfonamides is 1. The molecule has 17 heteroatoms. The molecule has 0 unspecified atom stereocenters. The van der Waals surface area contributed by atoms with E-state index < -0.39 is 45.9 Å². The number of ether oxygens (including phenoxy) is 1. The van der Waals surface area contributed by atoms with Gasteiger partial charge in [0.2, 0.25) is 15.8 Å².